The van der Waals surface area contributed by atoms with E-state index >= 15 is 0 Å². The third-order valence-corrected chi connectivity index (χ3v) is 2.61. The van der Waals surface area contributed by atoms with Crippen LogP contribution in [0.25, 0.3) is 0 Å². The minimum absolute atomic E-state index is 0.153. The average Bonchev–Trinajstić information content (AvgIpc) is 2.27. The number of carbonyl (C=O) groups is 1. The molecule has 18 heavy (non-hydrogen) atoms. The fourth-order valence-electron chi connectivity index (χ4n) is 1.47. The van der Waals surface area contributed by atoms with Gasteiger partial charge >= 0.3 is 0 Å². The Hall–Kier alpha value is -1.42. The summed E-state index contributed by atoms with van der Waals surface area (Å²) in [4.78, 5) is 22.1. The van der Waals surface area contributed by atoms with Crippen LogP contribution in [0.4, 0.5) is 0 Å². The van der Waals surface area contributed by atoms with Gasteiger partial charge in [-0.2, -0.15) is 0 Å². The highest BCUT2D eigenvalue weighted by Crippen LogP contribution is 2.17. The molecule has 1 heterocycles. The van der Waals surface area contributed by atoms with Gasteiger partial charge in [-0.05, 0) is 6.92 Å². The first-order chi connectivity index (χ1) is 8.32. The van der Waals surface area contributed by atoms with E-state index in [9.17, 15) is 4.79 Å². The van der Waals surface area contributed by atoms with Gasteiger partial charge in [0, 0.05) is 19.5 Å². The van der Waals surface area contributed by atoms with E-state index in [1.54, 1.807) is 11.9 Å². The topological polar surface area (TPSA) is 46.1 Å². The molecule has 1 rings (SSSR count). The molecule has 0 saturated carbocycles. The minimum Gasteiger partial charge on any atom is -0.336 e. The Morgan fingerprint density at radius 3 is 2.67 bits per heavy atom. The van der Waals surface area contributed by atoms with Crippen LogP contribution in [0.1, 0.15) is 43.0 Å². The molecule has 0 unspecified atom stereocenters. The Kier molecular flexibility index (Phi) is 4.84. The molecule has 5 heteroatoms. The number of halogens is 1. The van der Waals surface area contributed by atoms with E-state index in [1.807, 2.05) is 20.8 Å². The number of aromatic nitrogens is 2. The highest BCUT2D eigenvalue weighted by Gasteiger charge is 2.18. The smallest absolute Gasteiger partial charge is 0.274 e. The summed E-state index contributed by atoms with van der Waals surface area (Å²) < 4.78 is 0. The fourth-order valence-corrected chi connectivity index (χ4v) is 1.64. The number of rotatable bonds is 4. The summed E-state index contributed by atoms with van der Waals surface area (Å²) in [6, 6.07) is 0. The molecule has 0 aliphatic carbocycles. The molecule has 0 aromatic carbocycles. The van der Waals surface area contributed by atoms with Crippen molar-refractivity contribution in [2.45, 2.75) is 26.7 Å². The van der Waals surface area contributed by atoms with Gasteiger partial charge in [-0.25, -0.2) is 9.97 Å². The van der Waals surface area contributed by atoms with Gasteiger partial charge in [-0.15, -0.1) is 0 Å². The van der Waals surface area contributed by atoms with Crippen LogP contribution < -0.4 is 0 Å². The number of hydrogen-bond acceptors (Lipinski definition) is 3. The Bertz CT molecular complexity index is 471. The number of likely N-dealkylation sites (N-methyl/N-ethyl adjacent to an activating group) is 1. The normalized spacial score (nSPS) is 10.6. The molecule has 0 aliphatic heterocycles. The number of hydrogen-bond donors (Lipinski definition) is 0. The fraction of sp³-hybridized carbons (Fsp3) is 0.462. The molecular weight excluding hydrogens is 250 g/mol. The minimum atomic E-state index is -0.215. The lowest BCUT2D eigenvalue weighted by atomic mass is 10.2. The Morgan fingerprint density at radius 2 is 2.17 bits per heavy atom. The zero-order chi connectivity index (χ0) is 13.9. The quantitative estimate of drug-likeness (QED) is 0.788. The molecule has 1 amide bonds. The highest BCUT2D eigenvalue weighted by atomic mass is 35.5. The van der Waals surface area contributed by atoms with E-state index in [4.69, 9.17) is 11.6 Å². The predicted molar refractivity (Wildman–Crippen MR) is 72.9 cm³/mol. The van der Waals surface area contributed by atoms with Crippen molar-refractivity contribution in [2.24, 2.45) is 0 Å². The summed E-state index contributed by atoms with van der Waals surface area (Å²) >= 11 is 5.98. The monoisotopic (exact) mass is 267 g/mol. The zero-order valence-corrected chi connectivity index (χ0v) is 12.0. The van der Waals surface area contributed by atoms with Crippen LogP contribution in [0.15, 0.2) is 18.3 Å². The highest BCUT2D eigenvalue weighted by molar-refractivity contribution is 6.33. The summed E-state index contributed by atoms with van der Waals surface area (Å²) in [5, 5.41) is 0.276. The molecular formula is C13H18ClN3O. The first-order valence-electron chi connectivity index (χ1n) is 5.75. The third-order valence-electron chi connectivity index (χ3n) is 2.34. The molecule has 0 atom stereocenters. The molecule has 98 valence electrons. The van der Waals surface area contributed by atoms with Crippen molar-refractivity contribution in [1.29, 1.82) is 0 Å². The van der Waals surface area contributed by atoms with Crippen LogP contribution >= 0.6 is 11.6 Å². The summed E-state index contributed by atoms with van der Waals surface area (Å²) in [5.41, 5.74) is 1.15. The van der Waals surface area contributed by atoms with Crippen molar-refractivity contribution in [3.05, 3.63) is 34.9 Å². The lowest BCUT2D eigenvalue weighted by molar-refractivity contribution is 0.0801. The SMILES string of the molecule is C=C(C)CN(C)C(=O)c1nc(C(C)C)ncc1Cl. The summed E-state index contributed by atoms with van der Waals surface area (Å²) in [6.07, 6.45) is 1.48. The first kappa shape index (κ1) is 14.6. The maximum absolute atomic E-state index is 12.2. The van der Waals surface area contributed by atoms with Gasteiger partial charge in [0.05, 0.1) is 11.2 Å². The number of nitrogens with zero attached hydrogens (tertiary/aromatic N) is 3. The van der Waals surface area contributed by atoms with E-state index in [2.05, 4.69) is 16.5 Å². The van der Waals surface area contributed by atoms with Gasteiger partial charge in [0.15, 0.2) is 5.69 Å². The van der Waals surface area contributed by atoms with Crippen LogP contribution in [0.2, 0.25) is 5.02 Å². The van der Waals surface area contributed by atoms with Crippen molar-refractivity contribution in [3.63, 3.8) is 0 Å². The van der Waals surface area contributed by atoms with Crippen LogP contribution in [0.5, 0.6) is 0 Å². The van der Waals surface area contributed by atoms with E-state index in [-0.39, 0.29) is 22.5 Å². The number of carbonyl (C=O) groups excluding carboxylic acids is 1. The molecule has 1 aromatic rings. The Labute approximate surface area is 113 Å². The lowest BCUT2D eigenvalue weighted by Crippen LogP contribution is -2.29. The van der Waals surface area contributed by atoms with Crippen molar-refractivity contribution in [1.82, 2.24) is 14.9 Å². The van der Waals surface area contributed by atoms with Gasteiger partial charge in [0.1, 0.15) is 5.82 Å². The van der Waals surface area contributed by atoms with Crippen molar-refractivity contribution in [2.75, 3.05) is 13.6 Å². The molecule has 0 radical (unpaired) electrons. The third kappa shape index (κ3) is 3.53. The van der Waals surface area contributed by atoms with Crippen LogP contribution in [-0.4, -0.2) is 34.4 Å². The van der Waals surface area contributed by atoms with Crippen LogP contribution in [0, 0.1) is 0 Å². The van der Waals surface area contributed by atoms with E-state index < -0.39 is 0 Å². The van der Waals surface area contributed by atoms with Crippen LogP contribution in [0.3, 0.4) is 0 Å². The molecule has 0 spiro atoms. The largest absolute Gasteiger partial charge is 0.336 e. The first-order valence-corrected chi connectivity index (χ1v) is 6.13. The maximum atomic E-state index is 12.2. The molecule has 1 aromatic heterocycles. The Balaban J connectivity index is 3.04. The second-order valence-electron chi connectivity index (χ2n) is 4.70. The van der Waals surface area contributed by atoms with Gasteiger partial charge in [0.25, 0.3) is 5.91 Å². The van der Waals surface area contributed by atoms with Crippen LogP contribution in [-0.2, 0) is 0 Å². The van der Waals surface area contributed by atoms with E-state index in [0.717, 1.165) is 5.57 Å². The van der Waals surface area contributed by atoms with Gasteiger partial charge in [0.2, 0.25) is 0 Å². The molecule has 0 aliphatic rings. The van der Waals surface area contributed by atoms with Gasteiger partial charge in [-0.3, -0.25) is 4.79 Å². The average molecular weight is 268 g/mol. The maximum Gasteiger partial charge on any atom is 0.274 e. The molecule has 0 fully saturated rings. The lowest BCUT2D eigenvalue weighted by Gasteiger charge is -2.17. The predicted octanol–water partition coefficient (Wildman–Crippen LogP) is 2.90. The molecule has 0 N–H and O–H groups in total. The van der Waals surface area contributed by atoms with Crippen molar-refractivity contribution in [3.8, 4) is 0 Å². The van der Waals surface area contributed by atoms with Gasteiger partial charge in [-0.1, -0.05) is 37.6 Å². The van der Waals surface area contributed by atoms with Crippen molar-refractivity contribution < 1.29 is 4.79 Å². The second-order valence-corrected chi connectivity index (χ2v) is 5.10. The van der Waals surface area contributed by atoms with Gasteiger partial charge < -0.3 is 4.90 Å². The second kappa shape index (κ2) is 5.96. The molecule has 0 bridgehead atoms. The summed E-state index contributed by atoms with van der Waals surface area (Å²) in [5.74, 6) is 0.555. The summed E-state index contributed by atoms with van der Waals surface area (Å²) in [6.45, 7) is 10.1. The number of amides is 1. The summed E-state index contributed by atoms with van der Waals surface area (Å²) in [7, 11) is 1.70. The van der Waals surface area contributed by atoms with E-state index in [0.29, 0.717) is 12.4 Å². The van der Waals surface area contributed by atoms with Crippen molar-refractivity contribution >= 4 is 17.5 Å². The van der Waals surface area contributed by atoms with E-state index in [1.165, 1.54) is 6.20 Å². The Morgan fingerprint density at radius 1 is 1.56 bits per heavy atom. The standard InChI is InChI=1S/C13H18ClN3O/c1-8(2)7-17(5)13(18)11-10(14)6-15-12(16-11)9(3)4/h6,9H,1,7H2,2-5H3. The molecule has 0 saturated heterocycles. The molecule has 4 nitrogen and oxygen atoms in total. The zero-order valence-electron chi connectivity index (χ0n) is 11.2.